The van der Waals surface area contributed by atoms with Gasteiger partial charge in [-0.15, -0.1) is 0 Å². The number of benzene rings is 2. The fourth-order valence-electron chi connectivity index (χ4n) is 2.68. The molecule has 0 radical (unpaired) electrons. The van der Waals surface area contributed by atoms with Crippen LogP contribution >= 0.6 is 22.6 Å². The van der Waals surface area contributed by atoms with Crippen molar-refractivity contribution in [3.63, 3.8) is 0 Å². The summed E-state index contributed by atoms with van der Waals surface area (Å²) in [7, 11) is 0. The molecule has 3 rings (SSSR count). The zero-order chi connectivity index (χ0) is 16.6. The molecule has 6 heteroatoms. The van der Waals surface area contributed by atoms with Crippen molar-refractivity contribution in [2.75, 3.05) is 0 Å². The van der Waals surface area contributed by atoms with Crippen molar-refractivity contribution in [3.05, 3.63) is 57.3 Å². The van der Waals surface area contributed by atoms with Gasteiger partial charge < -0.3 is 19.9 Å². The van der Waals surface area contributed by atoms with Crippen LogP contribution in [0.25, 0.3) is 10.9 Å². The second-order valence-electron chi connectivity index (χ2n) is 5.27. The van der Waals surface area contributed by atoms with Crippen LogP contribution in [0.4, 0.5) is 0 Å². The normalized spacial score (nSPS) is 11.0. The van der Waals surface area contributed by atoms with Crippen LogP contribution in [0.3, 0.4) is 0 Å². The third-order valence-corrected chi connectivity index (χ3v) is 4.93. The number of aromatic hydroxyl groups is 2. The Morgan fingerprint density at radius 3 is 2.43 bits per heavy atom. The predicted molar refractivity (Wildman–Crippen MR) is 94.9 cm³/mol. The van der Waals surface area contributed by atoms with Crippen LogP contribution < -0.4 is 0 Å². The van der Waals surface area contributed by atoms with Gasteiger partial charge in [0.1, 0.15) is 11.5 Å². The molecule has 0 aliphatic carbocycles. The molecule has 3 aromatic rings. The van der Waals surface area contributed by atoms with Gasteiger partial charge in [0.05, 0.1) is 15.6 Å². The second-order valence-corrected chi connectivity index (χ2v) is 6.29. The van der Waals surface area contributed by atoms with Crippen LogP contribution in [0.2, 0.25) is 0 Å². The summed E-state index contributed by atoms with van der Waals surface area (Å²) in [6.07, 6.45) is -0.0964. The predicted octanol–water partition coefficient (Wildman–Crippen LogP) is 3.33. The lowest BCUT2D eigenvalue weighted by Crippen LogP contribution is -2.05. The molecule has 0 amide bonds. The maximum Gasteiger partial charge on any atom is 0.307 e. The molecule has 0 atom stereocenters. The van der Waals surface area contributed by atoms with Gasteiger partial charge in [0.2, 0.25) is 0 Å². The summed E-state index contributed by atoms with van der Waals surface area (Å²) >= 11 is 2.12. The van der Waals surface area contributed by atoms with Crippen molar-refractivity contribution in [1.29, 1.82) is 0 Å². The van der Waals surface area contributed by atoms with E-state index in [-0.39, 0.29) is 17.9 Å². The maximum atomic E-state index is 11.2. The minimum Gasteiger partial charge on any atom is -0.508 e. The van der Waals surface area contributed by atoms with Gasteiger partial charge in [0.25, 0.3) is 0 Å². The Hall–Kier alpha value is -2.22. The number of rotatable bonds is 4. The Bertz CT molecular complexity index is 884. The average Bonchev–Trinajstić information content (AvgIpc) is 2.76. The average molecular weight is 423 g/mol. The highest BCUT2D eigenvalue weighted by Gasteiger charge is 2.19. The van der Waals surface area contributed by atoms with Gasteiger partial charge in [-0.05, 0) is 46.4 Å². The number of phenols is 2. The minimum atomic E-state index is -0.907. The first kappa shape index (κ1) is 15.7. The van der Waals surface area contributed by atoms with Gasteiger partial charge in [0, 0.05) is 17.5 Å². The SMILES string of the molecule is O=C(O)Cc1c(I)n(Cc2ccc(O)cc2)c2c(O)cccc12. The smallest absolute Gasteiger partial charge is 0.307 e. The number of para-hydroxylation sites is 1. The van der Waals surface area contributed by atoms with E-state index in [1.165, 1.54) is 0 Å². The van der Waals surface area contributed by atoms with Gasteiger partial charge in [-0.2, -0.15) is 0 Å². The largest absolute Gasteiger partial charge is 0.508 e. The van der Waals surface area contributed by atoms with Crippen molar-refractivity contribution in [3.8, 4) is 11.5 Å². The Morgan fingerprint density at radius 1 is 1.09 bits per heavy atom. The summed E-state index contributed by atoms with van der Waals surface area (Å²) in [5.41, 5.74) is 2.27. The molecule has 3 N–H and O–H groups in total. The molecule has 1 aromatic heterocycles. The van der Waals surface area contributed by atoms with Crippen LogP contribution in [0.5, 0.6) is 11.5 Å². The second kappa shape index (κ2) is 6.11. The number of carbonyl (C=O) groups is 1. The summed E-state index contributed by atoms with van der Waals surface area (Å²) in [6.45, 7) is 0.478. The fourth-order valence-corrected chi connectivity index (χ4v) is 3.58. The van der Waals surface area contributed by atoms with E-state index in [1.54, 1.807) is 36.4 Å². The summed E-state index contributed by atoms with van der Waals surface area (Å²) in [5.74, 6) is -0.596. The first-order valence-corrected chi connectivity index (χ1v) is 8.03. The lowest BCUT2D eigenvalue weighted by molar-refractivity contribution is -0.136. The molecule has 0 unspecified atom stereocenters. The number of halogens is 1. The van der Waals surface area contributed by atoms with E-state index in [1.807, 2.05) is 10.6 Å². The molecule has 0 saturated heterocycles. The number of aliphatic carboxylic acids is 1. The van der Waals surface area contributed by atoms with Crippen LogP contribution in [0.1, 0.15) is 11.1 Å². The highest BCUT2D eigenvalue weighted by atomic mass is 127. The molecule has 2 aromatic carbocycles. The van der Waals surface area contributed by atoms with E-state index < -0.39 is 5.97 Å². The molecule has 0 aliphatic heterocycles. The molecule has 1 heterocycles. The first-order chi connectivity index (χ1) is 11.0. The monoisotopic (exact) mass is 423 g/mol. The third kappa shape index (κ3) is 2.98. The van der Waals surface area contributed by atoms with Crippen LogP contribution in [0.15, 0.2) is 42.5 Å². The van der Waals surface area contributed by atoms with Crippen molar-refractivity contribution in [2.24, 2.45) is 0 Å². The van der Waals surface area contributed by atoms with Gasteiger partial charge in [-0.25, -0.2) is 0 Å². The topological polar surface area (TPSA) is 82.7 Å². The standard InChI is InChI=1S/C17H14INO4/c18-17-13(8-15(22)23)12-2-1-3-14(21)16(12)19(17)9-10-4-6-11(20)7-5-10/h1-7,20-21H,8-9H2,(H,22,23). The van der Waals surface area contributed by atoms with E-state index >= 15 is 0 Å². The quantitative estimate of drug-likeness (QED) is 0.563. The summed E-state index contributed by atoms with van der Waals surface area (Å²) in [6, 6.07) is 11.9. The lowest BCUT2D eigenvalue weighted by Gasteiger charge is -2.09. The fraction of sp³-hybridized carbons (Fsp3) is 0.118. The van der Waals surface area contributed by atoms with Gasteiger partial charge in [-0.3, -0.25) is 4.79 Å². The number of hydrogen-bond acceptors (Lipinski definition) is 3. The van der Waals surface area contributed by atoms with Crippen molar-refractivity contribution < 1.29 is 20.1 Å². The van der Waals surface area contributed by atoms with Crippen molar-refractivity contribution in [2.45, 2.75) is 13.0 Å². The van der Waals surface area contributed by atoms with Crippen LogP contribution in [-0.4, -0.2) is 25.9 Å². The Kier molecular flexibility index (Phi) is 4.16. The number of fused-ring (bicyclic) bond motifs is 1. The number of hydrogen-bond donors (Lipinski definition) is 3. The molecular formula is C17H14INO4. The molecule has 0 aliphatic rings. The number of phenolic OH excluding ortho intramolecular Hbond substituents is 2. The van der Waals surface area contributed by atoms with Gasteiger partial charge >= 0.3 is 5.97 Å². The van der Waals surface area contributed by atoms with E-state index in [0.717, 1.165) is 14.7 Å². The van der Waals surface area contributed by atoms with E-state index in [4.69, 9.17) is 5.11 Å². The molecule has 23 heavy (non-hydrogen) atoms. The zero-order valence-corrected chi connectivity index (χ0v) is 14.2. The molecule has 5 nitrogen and oxygen atoms in total. The number of carboxylic acid groups (broad SMARTS) is 1. The number of carboxylic acids is 1. The van der Waals surface area contributed by atoms with Gasteiger partial charge in [0.15, 0.2) is 0 Å². The minimum absolute atomic E-state index is 0.0964. The van der Waals surface area contributed by atoms with E-state index in [0.29, 0.717) is 17.6 Å². The summed E-state index contributed by atoms with van der Waals surface area (Å²) in [4.78, 5) is 11.2. The molecule has 0 saturated carbocycles. The molecule has 0 spiro atoms. The van der Waals surface area contributed by atoms with Gasteiger partial charge in [-0.1, -0.05) is 24.3 Å². The Morgan fingerprint density at radius 2 is 1.78 bits per heavy atom. The molecular weight excluding hydrogens is 409 g/mol. The number of aromatic nitrogens is 1. The van der Waals surface area contributed by atoms with E-state index in [9.17, 15) is 15.0 Å². The summed E-state index contributed by atoms with van der Waals surface area (Å²) in [5, 5.41) is 29.5. The Balaban J connectivity index is 2.17. The third-order valence-electron chi connectivity index (χ3n) is 3.70. The lowest BCUT2D eigenvalue weighted by atomic mass is 10.1. The molecule has 0 bridgehead atoms. The van der Waals surface area contributed by atoms with E-state index in [2.05, 4.69) is 22.6 Å². The first-order valence-electron chi connectivity index (χ1n) is 6.95. The highest BCUT2D eigenvalue weighted by molar-refractivity contribution is 14.1. The van der Waals surface area contributed by atoms with Crippen LogP contribution in [-0.2, 0) is 17.8 Å². The van der Waals surface area contributed by atoms with Crippen molar-refractivity contribution in [1.82, 2.24) is 4.57 Å². The molecule has 0 fully saturated rings. The molecule has 118 valence electrons. The maximum absolute atomic E-state index is 11.2. The summed E-state index contributed by atoms with van der Waals surface area (Å²) < 4.78 is 2.69. The Labute approximate surface area is 145 Å². The van der Waals surface area contributed by atoms with Crippen molar-refractivity contribution >= 4 is 39.5 Å². The highest BCUT2D eigenvalue weighted by Crippen LogP contribution is 2.34. The van der Waals surface area contributed by atoms with Crippen LogP contribution in [0, 0.1) is 3.70 Å². The zero-order valence-electron chi connectivity index (χ0n) is 12.0. The number of nitrogens with zero attached hydrogens (tertiary/aromatic N) is 1.